The molecule has 0 N–H and O–H groups in total. The number of allylic oxidation sites excluding steroid dienone is 3. The maximum atomic E-state index is 6.45. The molecule has 4 aliphatic carbocycles. The number of fused-ring (bicyclic) bond motifs is 5. The molecule has 1 heteroatoms. The average molecular weight is 469 g/mol. The summed E-state index contributed by atoms with van der Waals surface area (Å²) in [7, 11) is 0. The first-order valence-electron chi connectivity index (χ1n) is 14.9. The fourth-order valence-electron chi connectivity index (χ4n) is 9.41. The van der Waals surface area contributed by atoms with E-state index >= 15 is 0 Å². The Morgan fingerprint density at radius 1 is 1.00 bits per heavy atom. The van der Waals surface area contributed by atoms with Gasteiger partial charge in [0.05, 0.1) is 11.7 Å². The lowest BCUT2D eigenvalue weighted by molar-refractivity contribution is -0.0948. The molecule has 4 aliphatic rings. The van der Waals surface area contributed by atoms with Crippen LogP contribution in [0.25, 0.3) is 0 Å². The molecule has 0 saturated heterocycles. The molecule has 3 saturated carbocycles. The van der Waals surface area contributed by atoms with Crippen molar-refractivity contribution in [2.45, 2.75) is 132 Å². The van der Waals surface area contributed by atoms with E-state index in [2.05, 4.69) is 80.5 Å². The van der Waals surface area contributed by atoms with E-state index in [1.165, 1.54) is 57.8 Å². The monoisotopic (exact) mass is 468 g/mol. The van der Waals surface area contributed by atoms with E-state index in [-0.39, 0.29) is 5.60 Å². The molecule has 0 amide bonds. The second-order valence-electron chi connectivity index (χ2n) is 14.6. The van der Waals surface area contributed by atoms with Crippen LogP contribution in [0.3, 0.4) is 0 Å². The Hall–Kier alpha value is -0.560. The van der Waals surface area contributed by atoms with Crippen LogP contribution < -0.4 is 0 Å². The molecule has 0 aromatic rings. The van der Waals surface area contributed by atoms with Gasteiger partial charge in [-0.15, -0.1) is 0 Å². The molecule has 1 nitrogen and oxygen atoms in total. The third kappa shape index (κ3) is 4.86. The Balaban J connectivity index is 1.49. The topological polar surface area (TPSA) is 9.23 Å². The molecule has 0 spiro atoms. The minimum absolute atomic E-state index is 0.0286. The normalized spacial score (nSPS) is 42.2. The van der Waals surface area contributed by atoms with Gasteiger partial charge in [0, 0.05) is 0 Å². The first-order chi connectivity index (χ1) is 15.9. The molecule has 0 heterocycles. The van der Waals surface area contributed by atoms with Gasteiger partial charge in [0.1, 0.15) is 0 Å². The van der Waals surface area contributed by atoms with E-state index in [4.69, 9.17) is 4.74 Å². The van der Waals surface area contributed by atoms with Crippen molar-refractivity contribution in [1.29, 1.82) is 0 Å². The Bertz CT molecular complexity index is 768. The molecule has 0 bridgehead atoms. The van der Waals surface area contributed by atoms with Crippen LogP contribution in [0, 0.1) is 52.3 Å². The fourth-order valence-corrected chi connectivity index (χ4v) is 9.41. The molecule has 0 unspecified atom stereocenters. The first-order valence-corrected chi connectivity index (χ1v) is 14.9. The van der Waals surface area contributed by atoms with Crippen molar-refractivity contribution >= 4 is 0 Å². The zero-order valence-electron chi connectivity index (χ0n) is 24.1. The summed E-state index contributed by atoms with van der Waals surface area (Å²) in [4.78, 5) is 0. The van der Waals surface area contributed by atoms with Gasteiger partial charge < -0.3 is 4.74 Å². The fraction of sp³-hybridized carbons (Fsp3) is 0.879. The van der Waals surface area contributed by atoms with Gasteiger partial charge in [0.25, 0.3) is 0 Å². The minimum Gasteiger partial charge on any atom is -0.372 e. The predicted octanol–water partition coefficient (Wildman–Crippen LogP) is 9.62. The van der Waals surface area contributed by atoms with Crippen molar-refractivity contribution < 1.29 is 4.74 Å². The molecule has 3 fully saturated rings. The van der Waals surface area contributed by atoms with Crippen molar-refractivity contribution in [2.75, 3.05) is 0 Å². The van der Waals surface area contributed by atoms with Crippen LogP contribution in [0.4, 0.5) is 0 Å². The van der Waals surface area contributed by atoms with Gasteiger partial charge in [0.2, 0.25) is 0 Å². The Morgan fingerprint density at radius 3 is 2.38 bits per heavy atom. The van der Waals surface area contributed by atoms with Crippen LogP contribution in [0.5, 0.6) is 0 Å². The van der Waals surface area contributed by atoms with Crippen molar-refractivity contribution in [3.63, 3.8) is 0 Å². The third-order valence-electron chi connectivity index (χ3n) is 11.3. The molecule has 34 heavy (non-hydrogen) atoms. The van der Waals surface area contributed by atoms with E-state index < -0.39 is 0 Å². The summed E-state index contributed by atoms with van der Waals surface area (Å²) < 4.78 is 6.45. The summed E-state index contributed by atoms with van der Waals surface area (Å²) in [6.45, 7) is 21.6. The van der Waals surface area contributed by atoms with Crippen LogP contribution >= 0.6 is 0 Å². The highest BCUT2D eigenvalue weighted by atomic mass is 16.5. The van der Waals surface area contributed by atoms with Crippen molar-refractivity contribution in [2.24, 2.45) is 52.3 Å². The summed E-state index contributed by atoms with van der Waals surface area (Å²) in [5, 5.41) is 0. The Morgan fingerprint density at radius 2 is 1.74 bits per heavy atom. The summed E-state index contributed by atoms with van der Waals surface area (Å²) in [5.41, 5.74) is 2.69. The van der Waals surface area contributed by atoms with Gasteiger partial charge in [0.15, 0.2) is 0 Å². The van der Waals surface area contributed by atoms with Gasteiger partial charge in [-0.3, -0.25) is 0 Å². The molecule has 0 aliphatic heterocycles. The zero-order chi connectivity index (χ0) is 24.9. The number of rotatable bonds is 6. The van der Waals surface area contributed by atoms with E-state index in [0.29, 0.717) is 16.9 Å². The molecule has 9 atom stereocenters. The van der Waals surface area contributed by atoms with Crippen molar-refractivity contribution in [3.05, 3.63) is 23.8 Å². The van der Waals surface area contributed by atoms with Crippen LogP contribution in [-0.2, 0) is 4.74 Å². The van der Waals surface area contributed by atoms with Gasteiger partial charge in [-0.1, -0.05) is 65.3 Å². The van der Waals surface area contributed by atoms with Crippen molar-refractivity contribution in [1.82, 2.24) is 0 Å². The highest BCUT2D eigenvalue weighted by Gasteiger charge is 2.59. The maximum Gasteiger partial charge on any atom is 0.0619 e. The zero-order valence-corrected chi connectivity index (χ0v) is 24.1. The van der Waals surface area contributed by atoms with Crippen LogP contribution in [0.2, 0.25) is 0 Å². The quantitative estimate of drug-likeness (QED) is 0.352. The van der Waals surface area contributed by atoms with Gasteiger partial charge in [-0.25, -0.2) is 0 Å². The summed E-state index contributed by atoms with van der Waals surface area (Å²) in [6.07, 6.45) is 20.5. The predicted molar refractivity (Wildman–Crippen MR) is 147 cm³/mol. The Labute approximate surface area is 212 Å². The number of hydrogen-bond acceptors (Lipinski definition) is 1. The van der Waals surface area contributed by atoms with E-state index in [9.17, 15) is 0 Å². The van der Waals surface area contributed by atoms with E-state index in [1.54, 1.807) is 5.57 Å². The van der Waals surface area contributed by atoms with Gasteiger partial charge in [-0.2, -0.15) is 0 Å². The van der Waals surface area contributed by atoms with E-state index in [1.807, 2.05) is 0 Å². The van der Waals surface area contributed by atoms with Crippen LogP contribution in [0.15, 0.2) is 23.8 Å². The standard InChI is InChI=1S/C33H56O/c1-10-24(22(2)3)12-11-23(4)28-15-16-29-27-14-13-25-21-26(34-31(5,6)7)17-19-32(25,8)30(27)18-20-33(28,29)9/h11-13,22-24,26-30H,10,14-21H2,1-9H3/b12-11+/t23-,24-,26+,27+,28-,29+,30+,32+,33-/m1/s1. The average Bonchev–Trinajstić information content (AvgIpc) is 3.10. The molecule has 0 aromatic heterocycles. The third-order valence-corrected chi connectivity index (χ3v) is 11.3. The largest absolute Gasteiger partial charge is 0.372 e. The number of hydrogen-bond donors (Lipinski definition) is 0. The van der Waals surface area contributed by atoms with Crippen molar-refractivity contribution in [3.8, 4) is 0 Å². The number of ether oxygens (including phenoxy) is 1. The van der Waals surface area contributed by atoms with Crippen LogP contribution in [0.1, 0.15) is 120 Å². The molecule has 194 valence electrons. The lowest BCUT2D eigenvalue weighted by Gasteiger charge is -2.58. The second-order valence-corrected chi connectivity index (χ2v) is 14.6. The molecule has 4 rings (SSSR count). The summed E-state index contributed by atoms with van der Waals surface area (Å²) >= 11 is 0. The molecule has 0 aromatic carbocycles. The molecule has 0 radical (unpaired) electrons. The highest BCUT2D eigenvalue weighted by molar-refractivity contribution is 5.25. The SMILES string of the molecule is CC[C@H](/C=C/[C@@H](C)[C@H]1CC[C@H]2[C@@H]3CC=C4C[C@@H](OC(C)(C)C)CC[C@]4(C)[C@H]3CC[C@]12C)C(C)C. The molecular formula is C33H56O. The second kappa shape index (κ2) is 9.72. The lowest BCUT2D eigenvalue weighted by Crippen LogP contribution is -2.51. The summed E-state index contributed by atoms with van der Waals surface area (Å²) in [6, 6.07) is 0. The Kier molecular flexibility index (Phi) is 7.58. The lowest BCUT2D eigenvalue weighted by atomic mass is 9.47. The van der Waals surface area contributed by atoms with Crippen LogP contribution in [-0.4, -0.2) is 11.7 Å². The minimum atomic E-state index is -0.0286. The first kappa shape index (κ1) is 26.5. The smallest absolute Gasteiger partial charge is 0.0619 e. The molecular weight excluding hydrogens is 412 g/mol. The van der Waals surface area contributed by atoms with Gasteiger partial charge >= 0.3 is 0 Å². The summed E-state index contributed by atoms with van der Waals surface area (Å²) in [5.74, 6) is 5.82. The highest BCUT2D eigenvalue weighted by Crippen LogP contribution is 2.67. The van der Waals surface area contributed by atoms with E-state index in [0.717, 1.165) is 41.4 Å². The maximum absolute atomic E-state index is 6.45. The van der Waals surface area contributed by atoms with Gasteiger partial charge in [-0.05, 0) is 131 Å².